The molecule has 1 amide bonds. The number of aromatic nitrogens is 3. The van der Waals surface area contributed by atoms with Crippen LogP contribution in [-0.4, -0.2) is 33.8 Å². The van der Waals surface area contributed by atoms with Crippen molar-refractivity contribution in [2.75, 3.05) is 12.0 Å². The number of methoxy groups -OCH3 is 1. The van der Waals surface area contributed by atoms with Crippen LogP contribution in [0.25, 0.3) is 0 Å². The summed E-state index contributed by atoms with van der Waals surface area (Å²) in [6, 6.07) is 17.4. The molecule has 0 bridgehead atoms. The van der Waals surface area contributed by atoms with Gasteiger partial charge in [-0.3, -0.25) is 9.69 Å². The van der Waals surface area contributed by atoms with Crippen LogP contribution in [0.5, 0.6) is 5.75 Å². The largest absolute Gasteiger partial charge is 0.497 e. The molecule has 4 rings (SSSR count). The molecule has 1 aromatic heterocycles. The van der Waals surface area contributed by atoms with Crippen LogP contribution < -0.4 is 9.64 Å². The van der Waals surface area contributed by atoms with Crippen molar-refractivity contribution >= 4 is 11.9 Å². The van der Waals surface area contributed by atoms with Gasteiger partial charge in [-0.1, -0.05) is 30.3 Å². The summed E-state index contributed by atoms with van der Waals surface area (Å²) in [5.41, 5.74) is 1.77. The van der Waals surface area contributed by atoms with Crippen molar-refractivity contribution in [2.45, 2.75) is 25.4 Å². The zero-order valence-corrected chi connectivity index (χ0v) is 14.7. The van der Waals surface area contributed by atoms with E-state index < -0.39 is 0 Å². The number of amides is 1. The summed E-state index contributed by atoms with van der Waals surface area (Å²) in [6.45, 7) is 2.05. The zero-order chi connectivity index (χ0) is 18.1. The van der Waals surface area contributed by atoms with Gasteiger partial charge in [0.25, 0.3) is 5.91 Å². The molecular weight excluding hydrogens is 328 g/mol. The second-order valence-electron chi connectivity index (χ2n) is 6.42. The van der Waals surface area contributed by atoms with Gasteiger partial charge < -0.3 is 4.74 Å². The standard InChI is InChI=1S/C20H20N4O2/c1-14-12-18(15-6-4-3-5-7-15)24-20(21-13-22-24)23(14)19(25)16-8-10-17(26-2)11-9-16/h3-11,13-14,18H,12H2,1-2H3. The fourth-order valence-electron chi connectivity index (χ4n) is 3.48. The minimum Gasteiger partial charge on any atom is -0.497 e. The molecule has 0 N–H and O–H groups in total. The van der Waals surface area contributed by atoms with Crippen LogP contribution in [0.3, 0.4) is 0 Å². The van der Waals surface area contributed by atoms with Gasteiger partial charge in [-0.15, -0.1) is 0 Å². The Hall–Kier alpha value is -3.15. The molecule has 0 fully saturated rings. The Balaban J connectivity index is 1.70. The molecule has 2 heterocycles. The van der Waals surface area contributed by atoms with E-state index >= 15 is 0 Å². The number of nitrogens with zero attached hydrogens (tertiary/aromatic N) is 4. The monoisotopic (exact) mass is 348 g/mol. The van der Waals surface area contributed by atoms with E-state index in [-0.39, 0.29) is 18.0 Å². The van der Waals surface area contributed by atoms with Gasteiger partial charge >= 0.3 is 0 Å². The van der Waals surface area contributed by atoms with E-state index in [1.807, 2.05) is 22.9 Å². The predicted octanol–water partition coefficient (Wildman–Crippen LogP) is 3.32. The van der Waals surface area contributed by atoms with Gasteiger partial charge in [0.15, 0.2) is 0 Å². The van der Waals surface area contributed by atoms with Crippen molar-refractivity contribution in [3.05, 3.63) is 72.1 Å². The Bertz CT molecular complexity index is 905. The van der Waals surface area contributed by atoms with Gasteiger partial charge in [-0.05, 0) is 43.2 Å². The third kappa shape index (κ3) is 2.73. The van der Waals surface area contributed by atoms with Crippen molar-refractivity contribution < 1.29 is 9.53 Å². The number of benzene rings is 2. The Labute approximate surface area is 152 Å². The Morgan fingerprint density at radius 2 is 1.85 bits per heavy atom. The summed E-state index contributed by atoms with van der Waals surface area (Å²) < 4.78 is 7.02. The van der Waals surface area contributed by atoms with Crippen LogP contribution in [0.15, 0.2) is 60.9 Å². The summed E-state index contributed by atoms with van der Waals surface area (Å²) in [6.07, 6.45) is 2.29. The lowest BCUT2D eigenvalue weighted by Gasteiger charge is -2.37. The van der Waals surface area contributed by atoms with Crippen molar-refractivity contribution in [1.82, 2.24) is 14.8 Å². The van der Waals surface area contributed by atoms with Gasteiger partial charge in [0.2, 0.25) is 5.95 Å². The summed E-state index contributed by atoms with van der Waals surface area (Å²) in [5, 5.41) is 4.39. The highest BCUT2D eigenvalue weighted by atomic mass is 16.5. The molecule has 6 nitrogen and oxygen atoms in total. The highest BCUT2D eigenvalue weighted by Crippen LogP contribution is 2.35. The molecule has 0 saturated carbocycles. The molecule has 1 aliphatic rings. The Morgan fingerprint density at radius 3 is 2.54 bits per heavy atom. The van der Waals surface area contributed by atoms with Crippen molar-refractivity contribution in [3.63, 3.8) is 0 Å². The second-order valence-corrected chi connectivity index (χ2v) is 6.42. The van der Waals surface area contributed by atoms with Crippen molar-refractivity contribution in [1.29, 1.82) is 0 Å². The summed E-state index contributed by atoms with van der Waals surface area (Å²) in [5.74, 6) is 1.22. The van der Waals surface area contributed by atoms with E-state index in [2.05, 4.69) is 29.1 Å². The van der Waals surface area contributed by atoms with E-state index in [1.165, 1.54) is 11.9 Å². The molecular formula is C20H20N4O2. The zero-order valence-electron chi connectivity index (χ0n) is 14.7. The van der Waals surface area contributed by atoms with Crippen LogP contribution >= 0.6 is 0 Å². The predicted molar refractivity (Wildman–Crippen MR) is 98.5 cm³/mol. The lowest BCUT2D eigenvalue weighted by Crippen LogP contribution is -2.46. The molecule has 2 aromatic carbocycles. The molecule has 0 aliphatic carbocycles. The third-order valence-electron chi connectivity index (χ3n) is 4.81. The first-order valence-corrected chi connectivity index (χ1v) is 8.61. The van der Waals surface area contributed by atoms with Crippen LogP contribution in [-0.2, 0) is 0 Å². The Kier molecular flexibility index (Phi) is 4.16. The van der Waals surface area contributed by atoms with Crippen LogP contribution in [0.2, 0.25) is 0 Å². The van der Waals surface area contributed by atoms with Gasteiger partial charge in [0.05, 0.1) is 13.2 Å². The van der Waals surface area contributed by atoms with Crippen LogP contribution in [0, 0.1) is 0 Å². The molecule has 0 radical (unpaired) electrons. The molecule has 6 heteroatoms. The van der Waals surface area contributed by atoms with Crippen LogP contribution in [0.4, 0.5) is 5.95 Å². The van der Waals surface area contributed by atoms with Gasteiger partial charge in [-0.25, -0.2) is 4.68 Å². The molecule has 1 aliphatic heterocycles. The average molecular weight is 348 g/mol. The highest BCUT2D eigenvalue weighted by Gasteiger charge is 2.36. The summed E-state index contributed by atoms with van der Waals surface area (Å²) in [7, 11) is 1.61. The van der Waals surface area contributed by atoms with Gasteiger partial charge in [0.1, 0.15) is 12.1 Å². The number of anilines is 1. The quantitative estimate of drug-likeness (QED) is 0.728. The lowest BCUT2D eigenvalue weighted by atomic mass is 9.97. The van der Waals surface area contributed by atoms with E-state index in [1.54, 1.807) is 36.3 Å². The van der Waals surface area contributed by atoms with Crippen molar-refractivity contribution in [2.24, 2.45) is 0 Å². The Morgan fingerprint density at radius 1 is 1.12 bits per heavy atom. The molecule has 2 unspecified atom stereocenters. The number of rotatable bonds is 3. The molecule has 2 atom stereocenters. The number of carbonyl (C=O) groups is 1. The van der Waals surface area contributed by atoms with Gasteiger partial charge in [-0.2, -0.15) is 10.1 Å². The first-order valence-electron chi connectivity index (χ1n) is 8.61. The second kappa shape index (κ2) is 6.63. The minimum absolute atomic E-state index is 0.00603. The summed E-state index contributed by atoms with van der Waals surface area (Å²) >= 11 is 0. The minimum atomic E-state index is -0.0825. The molecule has 3 aromatic rings. The third-order valence-corrected chi connectivity index (χ3v) is 4.81. The fourth-order valence-corrected chi connectivity index (χ4v) is 3.48. The highest BCUT2D eigenvalue weighted by molar-refractivity contribution is 6.05. The maximum absolute atomic E-state index is 13.1. The number of hydrogen-bond acceptors (Lipinski definition) is 4. The van der Waals surface area contributed by atoms with Gasteiger partial charge in [0, 0.05) is 11.6 Å². The average Bonchev–Trinajstić information content (AvgIpc) is 3.17. The smallest absolute Gasteiger partial charge is 0.260 e. The van der Waals surface area contributed by atoms with E-state index in [9.17, 15) is 4.79 Å². The summed E-state index contributed by atoms with van der Waals surface area (Å²) in [4.78, 5) is 19.2. The van der Waals surface area contributed by atoms with E-state index in [0.717, 1.165) is 12.2 Å². The normalized spacial score (nSPS) is 19.1. The number of carbonyl (C=O) groups excluding carboxylic acids is 1. The topological polar surface area (TPSA) is 60.2 Å². The SMILES string of the molecule is COc1ccc(C(=O)N2c3ncnn3C(c3ccccc3)CC2C)cc1. The van der Waals surface area contributed by atoms with Crippen LogP contribution in [0.1, 0.15) is 35.3 Å². The molecule has 132 valence electrons. The van der Waals surface area contributed by atoms with E-state index in [4.69, 9.17) is 4.74 Å². The maximum atomic E-state index is 13.1. The van der Waals surface area contributed by atoms with Crippen molar-refractivity contribution in [3.8, 4) is 5.75 Å². The lowest BCUT2D eigenvalue weighted by molar-refractivity contribution is 0.0966. The molecule has 26 heavy (non-hydrogen) atoms. The molecule has 0 spiro atoms. The fraction of sp³-hybridized carbons (Fsp3) is 0.250. The number of fused-ring (bicyclic) bond motifs is 1. The number of ether oxygens (including phenoxy) is 1. The molecule has 0 saturated heterocycles. The number of hydrogen-bond donors (Lipinski definition) is 0. The first-order chi connectivity index (χ1) is 12.7. The maximum Gasteiger partial charge on any atom is 0.260 e. The van der Waals surface area contributed by atoms with E-state index in [0.29, 0.717) is 11.5 Å². The first kappa shape index (κ1) is 16.3.